The Morgan fingerprint density at radius 3 is 2.53 bits per heavy atom. The van der Waals surface area contributed by atoms with Gasteiger partial charge in [-0.25, -0.2) is 0 Å². The van der Waals surface area contributed by atoms with Crippen LogP contribution in [0.4, 0.5) is 5.69 Å². The second-order valence-corrected chi connectivity index (χ2v) is 7.39. The van der Waals surface area contributed by atoms with Crippen molar-refractivity contribution in [1.29, 1.82) is 0 Å². The van der Waals surface area contributed by atoms with Crippen LogP contribution in [0.25, 0.3) is 0 Å². The summed E-state index contributed by atoms with van der Waals surface area (Å²) in [5.74, 6) is 0.728. The summed E-state index contributed by atoms with van der Waals surface area (Å²) in [5.41, 5.74) is 2.31. The molecule has 0 bridgehead atoms. The first-order valence-electron chi connectivity index (χ1n) is 10.1. The molecule has 1 heterocycles. The van der Waals surface area contributed by atoms with Crippen molar-refractivity contribution in [2.75, 3.05) is 20.1 Å². The molecule has 30 heavy (non-hydrogen) atoms. The summed E-state index contributed by atoms with van der Waals surface area (Å²) in [6.45, 7) is 4.83. The number of halogens is 1. The van der Waals surface area contributed by atoms with Crippen molar-refractivity contribution in [1.82, 2.24) is 15.5 Å². The van der Waals surface area contributed by atoms with Gasteiger partial charge in [0.2, 0.25) is 0 Å². The lowest BCUT2D eigenvalue weighted by Crippen LogP contribution is -2.48. The fourth-order valence-corrected chi connectivity index (χ4v) is 3.73. The highest BCUT2D eigenvalue weighted by atomic mass is 127. The number of piperidine rings is 1. The second-order valence-electron chi connectivity index (χ2n) is 7.39. The molecule has 1 saturated heterocycles. The van der Waals surface area contributed by atoms with E-state index in [9.17, 15) is 10.1 Å². The maximum absolute atomic E-state index is 10.9. The highest BCUT2D eigenvalue weighted by molar-refractivity contribution is 14.0. The summed E-state index contributed by atoms with van der Waals surface area (Å²) in [6, 6.07) is 18.1. The monoisotopic (exact) mass is 523 g/mol. The fourth-order valence-electron chi connectivity index (χ4n) is 3.73. The molecule has 0 saturated carbocycles. The van der Waals surface area contributed by atoms with Crippen LogP contribution in [-0.2, 0) is 6.54 Å². The van der Waals surface area contributed by atoms with Gasteiger partial charge in [-0.05, 0) is 30.9 Å². The molecule has 0 amide bonds. The number of nitro groups is 1. The largest absolute Gasteiger partial charge is 0.354 e. The normalized spacial score (nSPS) is 16.4. The van der Waals surface area contributed by atoms with Crippen molar-refractivity contribution in [3.8, 4) is 0 Å². The fraction of sp³-hybridized carbons (Fsp3) is 0.409. The minimum Gasteiger partial charge on any atom is -0.354 e. The molecule has 0 aliphatic carbocycles. The number of hydrogen-bond acceptors (Lipinski definition) is 4. The molecule has 2 N–H and O–H groups in total. The van der Waals surface area contributed by atoms with Crippen LogP contribution in [0.5, 0.6) is 0 Å². The number of nitrogens with one attached hydrogen (secondary N) is 2. The first-order chi connectivity index (χ1) is 14.1. The van der Waals surface area contributed by atoms with E-state index in [0.717, 1.165) is 37.5 Å². The quantitative estimate of drug-likeness (QED) is 0.196. The SMILES string of the molecule is CN=C(NCc1cccc([N+](=O)[O-])c1)NC1CCN(C(C)c2ccccc2)CC1.I. The molecule has 1 atom stereocenters. The molecule has 1 aliphatic heterocycles. The van der Waals surface area contributed by atoms with Crippen molar-refractivity contribution in [2.45, 2.75) is 38.4 Å². The summed E-state index contributed by atoms with van der Waals surface area (Å²) in [7, 11) is 1.75. The van der Waals surface area contributed by atoms with Gasteiger partial charge in [-0.15, -0.1) is 24.0 Å². The summed E-state index contributed by atoms with van der Waals surface area (Å²) in [6.07, 6.45) is 2.10. The smallest absolute Gasteiger partial charge is 0.269 e. The van der Waals surface area contributed by atoms with E-state index in [-0.39, 0.29) is 34.6 Å². The molecular weight excluding hydrogens is 493 g/mol. The Morgan fingerprint density at radius 2 is 1.90 bits per heavy atom. The van der Waals surface area contributed by atoms with Crippen molar-refractivity contribution >= 4 is 35.6 Å². The summed E-state index contributed by atoms with van der Waals surface area (Å²) in [5, 5.41) is 17.7. The first kappa shape index (κ1) is 24.1. The van der Waals surface area contributed by atoms with Gasteiger partial charge in [0.05, 0.1) is 4.92 Å². The minimum absolute atomic E-state index is 0. The average molecular weight is 523 g/mol. The first-order valence-corrected chi connectivity index (χ1v) is 10.1. The molecule has 8 heteroatoms. The number of nitro benzene ring substituents is 1. The molecule has 1 unspecified atom stereocenters. The van der Waals surface area contributed by atoms with Gasteiger partial charge in [0.15, 0.2) is 5.96 Å². The van der Waals surface area contributed by atoms with Gasteiger partial charge in [-0.3, -0.25) is 20.0 Å². The third kappa shape index (κ3) is 6.66. The molecule has 2 aromatic rings. The van der Waals surface area contributed by atoms with Gasteiger partial charge < -0.3 is 10.6 Å². The maximum Gasteiger partial charge on any atom is 0.269 e. The van der Waals surface area contributed by atoms with Crippen LogP contribution < -0.4 is 10.6 Å². The van der Waals surface area contributed by atoms with Crippen molar-refractivity contribution < 1.29 is 4.92 Å². The van der Waals surface area contributed by atoms with Gasteiger partial charge in [0.25, 0.3) is 5.69 Å². The molecule has 3 rings (SSSR count). The number of nitrogens with zero attached hydrogens (tertiary/aromatic N) is 3. The zero-order chi connectivity index (χ0) is 20.6. The summed E-state index contributed by atoms with van der Waals surface area (Å²) in [4.78, 5) is 17.4. The topological polar surface area (TPSA) is 82.8 Å². The molecule has 7 nitrogen and oxygen atoms in total. The minimum atomic E-state index is -0.374. The Hall–Kier alpha value is -2.20. The van der Waals surface area contributed by atoms with Crippen LogP contribution in [0.2, 0.25) is 0 Å². The van der Waals surface area contributed by atoms with E-state index < -0.39 is 0 Å². The Balaban J connectivity index is 0.00000320. The van der Waals surface area contributed by atoms with Crippen LogP contribution in [0.15, 0.2) is 59.6 Å². The van der Waals surface area contributed by atoms with Crippen molar-refractivity contribution in [2.24, 2.45) is 4.99 Å². The van der Waals surface area contributed by atoms with Gasteiger partial charge in [0, 0.05) is 50.9 Å². The lowest BCUT2D eigenvalue weighted by atomic mass is 10.0. The maximum atomic E-state index is 10.9. The number of benzene rings is 2. The summed E-state index contributed by atoms with van der Waals surface area (Å²) < 4.78 is 0. The predicted octanol–water partition coefficient (Wildman–Crippen LogP) is 4.10. The van der Waals surface area contributed by atoms with E-state index in [1.54, 1.807) is 19.2 Å². The van der Waals surface area contributed by atoms with E-state index in [1.807, 2.05) is 6.07 Å². The lowest BCUT2D eigenvalue weighted by Gasteiger charge is -2.37. The van der Waals surface area contributed by atoms with Gasteiger partial charge in [-0.2, -0.15) is 0 Å². The molecule has 1 aliphatic rings. The Labute approximate surface area is 195 Å². The van der Waals surface area contributed by atoms with Crippen LogP contribution in [0.3, 0.4) is 0 Å². The third-order valence-electron chi connectivity index (χ3n) is 5.51. The number of aliphatic imine (C=N–C) groups is 1. The van der Waals surface area contributed by atoms with Crippen LogP contribution in [0.1, 0.15) is 36.9 Å². The number of non-ortho nitro benzene ring substituents is 1. The van der Waals surface area contributed by atoms with Gasteiger partial charge in [-0.1, -0.05) is 42.5 Å². The Bertz CT molecular complexity index is 838. The van der Waals surface area contributed by atoms with Crippen LogP contribution in [-0.4, -0.2) is 42.0 Å². The lowest BCUT2D eigenvalue weighted by molar-refractivity contribution is -0.384. The van der Waals surface area contributed by atoms with Crippen molar-refractivity contribution in [3.05, 3.63) is 75.8 Å². The van der Waals surface area contributed by atoms with E-state index >= 15 is 0 Å². The van der Waals surface area contributed by atoms with E-state index in [2.05, 4.69) is 57.8 Å². The molecule has 0 aromatic heterocycles. The van der Waals surface area contributed by atoms with Gasteiger partial charge >= 0.3 is 0 Å². The predicted molar refractivity (Wildman–Crippen MR) is 131 cm³/mol. The summed E-state index contributed by atoms with van der Waals surface area (Å²) >= 11 is 0. The van der Waals surface area contributed by atoms with Crippen LogP contribution >= 0.6 is 24.0 Å². The average Bonchev–Trinajstić information content (AvgIpc) is 2.77. The molecule has 162 valence electrons. The highest BCUT2D eigenvalue weighted by Crippen LogP contribution is 2.24. The molecular formula is C22H30IN5O2. The molecule has 2 aromatic carbocycles. The number of rotatable bonds is 6. The standard InChI is InChI=1S/C22H29N5O2.HI/c1-17(19-8-4-3-5-9-19)26-13-11-20(12-14-26)25-22(23-2)24-16-18-7-6-10-21(15-18)27(28)29;/h3-10,15,17,20H,11-14,16H2,1-2H3,(H2,23,24,25);1H. The zero-order valence-corrected chi connectivity index (χ0v) is 19.8. The Morgan fingerprint density at radius 1 is 1.20 bits per heavy atom. The number of guanidine groups is 1. The molecule has 0 radical (unpaired) electrons. The van der Waals surface area contributed by atoms with Crippen LogP contribution in [0, 0.1) is 10.1 Å². The molecule has 1 fully saturated rings. The number of likely N-dealkylation sites (tertiary alicyclic amines) is 1. The Kier molecular flexibility index (Phi) is 9.51. The highest BCUT2D eigenvalue weighted by Gasteiger charge is 2.24. The number of hydrogen-bond donors (Lipinski definition) is 2. The van der Waals surface area contributed by atoms with Crippen molar-refractivity contribution in [3.63, 3.8) is 0 Å². The zero-order valence-electron chi connectivity index (χ0n) is 17.5. The molecule has 0 spiro atoms. The van der Waals surface area contributed by atoms with Gasteiger partial charge in [0.1, 0.15) is 0 Å². The third-order valence-corrected chi connectivity index (χ3v) is 5.51. The van der Waals surface area contributed by atoms with E-state index in [1.165, 1.54) is 11.6 Å². The van der Waals surface area contributed by atoms with E-state index in [0.29, 0.717) is 18.6 Å². The second kappa shape index (κ2) is 11.8. The van der Waals surface area contributed by atoms with E-state index in [4.69, 9.17) is 0 Å².